The fourth-order valence-corrected chi connectivity index (χ4v) is 3.87. The molecule has 2 fully saturated rings. The lowest BCUT2D eigenvalue weighted by Crippen LogP contribution is -2.47. The Labute approximate surface area is 178 Å². The van der Waals surface area contributed by atoms with Gasteiger partial charge in [0.2, 0.25) is 5.95 Å². The monoisotopic (exact) mass is 437 g/mol. The highest BCUT2D eigenvalue weighted by Gasteiger charge is 2.36. The highest BCUT2D eigenvalue weighted by atomic mass is 19.4. The van der Waals surface area contributed by atoms with E-state index in [1.807, 2.05) is 7.05 Å². The Morgan fingerprint density at radius 3 is 2.71 bits per heavy atom. The molecule has 0 spiro atoms. The summed E-state index contributed by atoms with van der Waals surface area (Å²) in [4.78, 5) is 27.5. The van der Waals surface area contributed by atoms with Crippen molar-refractivity contribution in [2.45, 2.75) is 25.1 Å². The van der Waals surface area contributed by atoms with Crippen molar-refractivity contribution in [1.29, 1.82) is 0 Å². The maximum atomic E-state index is 13.6. The van der Waals surface area contributed by atoms with Crippen molar-refractivity contribution >= 4 is 11.9 Å². The van der Waals surface area contributed by atoms with Gasteiger partial charge in [0, 0.05) is 56.7 Å². The predicted octanol–water partition coefficient (Wildman–Crippen LogP) is 2.04. The fourth-order valence-electron chi connectivity index (χ4n) is 3.87. The third-order valence-corrected chi connectivity index (χ3v) is 5.70. The second kappa shape index (κ2) is 8.83. The van der Waals surface area contributed by atoms with Gasteiger partial charge in [-0.3, -0.25) is 4.79 Å². The van der Waals surface area contributed by atoms with Crippen molar-refractivity contribution in [3.8, 4) is 11.3 Å². The molecule has 1 amide bonds. The molecule has 2 aromatic rings. The van der Waals surface area contributed by atoms with E-state index in [9.17, 15) is 18.0 Å². The summed E-state index contributed by atoms with van der Waals surface area (Å²) < 4.78 is 40.9. The average molecular weight is 437 g/mol. The molecule has 4 rings (SSSR count). The van der Waals surface area contributed by atoms with Crippen LogP contribution in [-0.2, 0) is 6.18 Å². The zero-order chi connectivity index (χ0) is 22.0. The zero-order valence-electron chi connectivity index (χ0n) is 17.3. The van der Waals surface area contributed by atoms with E-state index in [2.05, 4.69) is 30.5 Å². The molecule has 2 aromatic heterocycles. The minimum absolute atomic E-state index is 0.0546. The molecule has 8 nitrogen and oxygen atoms in total. The first kappa shape index (κ1) is 21.6. The number of alkyl halides is 3. The van der Waals surface area contributed by atoms with Crippen LogP contribution < -0.4 is 10.6 Å². The van der Waals surface area contributed by atoms with E-state index in [0.29, 0.717) is 19.6 Å². The third-order valence-electron chi connectivity index (χ3n) is 5.70. The molecular formula is C20H26F3N7O. The lowest BCUT2D eigenvalue weighted by molar-refractivity contribution is -0.137. The molecule has 31 heavy (non-hydrogen) atoms. The Morgan fingerprint density at radius 2 is 2.03 bits per heavy atom. The van der Waals surface area contributed by atoms with Gasteiger partial charge in [0.1, 0.15) is 11.3 Å². The van der Waals surface area contributed by atoms with Crippen molar-refractivity contribution in [2.75, 3.05) is 51.6 Å². The van der Waals surface area contributed by atoms with Gasteiger partial charge >= 0.3 is 6.18 Å². The number of halogens is 3. The Balaban J connectivity index is 1.59. The molecule has 0 aliphatic carbocycles. The number of nitrogens with one attached hydrogen (secondary N) is 3. The first-order valence-electron chi connectivity index (χ1n) is 10.4. The minimum Gasteiger partial charge on any atom is -0.357 e. The SMILES string of the molecule is CN1CCN(C(=O)c2cc(-c3nc(N[C@H]4CCCNC4)ncc3C(F)(F)F)c[nH]2)CC1. The van der Waals surface area contributed by atoms with Gasteiger partial charge in [-0.15, -0.1) is 0 Å². The van der Waals surface area contributed by atoms with E-state index in [0.717, 1.165) is 38.7 Å². The molecule has 0 aromatic carbocycles. The summed E-state index contributed by atoms with van der Waals surface area (Å²) >= 11 is 0. The molecule has 2 saturated heterocycles. The molecule has 11 heteroatoms. The number of rotatable bonds is 4. The van der Waals surface area contributed by atoms with E-state index in [1.165, 1.54) is 12.3 Å². The summed E-state index contributed by atoms with van der Waals surface area (Å²) in [5, 5.41) is 6.35. The van der Waals surface area contributed by atoms with Gasteiger partial charge in [-0.2, -0.15) is 13.2 Å². The number of aromatic nitrogens is 3. The largest absolute Gasteiger partial charge is 0.419 e. The average Bonchev–Trinajstić information content (AvgIpc) is 3.24. The Hall–Kier alpha value is -2.66. The number of likely N-dealkylation sites (N-methyl/N-ethyl adjacent to an activating group) is 1. The fraction of sp³-hybridized carbons (Fsp3) is 0.550. The minimum atomic E-state index is -4.61. The smallest absolute Gasteiger partial charge is 0.357 e. The second-order valence-electron chi connectivity index (χ2n) is 8.04. The molecule has 4 heterocycles. The maximum Gasteiger partial charge on any atom is 0.419 e. The van der Waals surface area contributed by atoms with E-state index < -0.39 is 11.7 Å². The maximum absolute atomic E-state index is 13.6. The summed E-state index contributed by atoms with van der Waals surface area (Å²) in [6.45, 7) is 4.30. The number of hydrogen-bond donors (Lipinski definition) is 3. The number of aromatic amines is 1. The number of piperidine rings is 1. The molecule has 1 atom stereocenters. The van der Waals surface area contributed by atoms with Gasteiger partial charge in [0.15, 0.2) is 0 Å². The molecule has 2 aliphatic rings. The lowest BCUT2D eigenvalue weighted by Gasteiger charge is -2.32. The number of nitrogens with zero attached hydrogens (tertiary/aromatic N) is 4. The molecule has 2 aliphatic heterocycles. The summed E-state index contributed by atoms with van der Waals surface area (Å²) in [5.41, 5.74) is -0.728. The van der Waals surface area contributed by atoms with Gasteiger partial charge in [-0.1, -0.05) is 0 Å². The standard InChI is InChI=1S/C20H26F3N7O/c1-29-5-7-30(8-6-29)18(31)16-9-13(10-25-16)17-15(20(21,22)23)12-26-19(28-17)27-14-3-2-4-24-11-14/h9-10,12,14,24-25H,2-8,11H2,1H3,(H,26,27,28)/t14-/m0/s1. The van der Waals surface area contributed by atoms with Gasteiger partial charge in [0.05, 0.1) is 5.69 Å². The molecule has 0 radical (unpaired) electrons. The van der Waals surface area contributed by atoms with Crippen LogP contribution in [0.1, 0.15) is 28.9 Å². The summed E-state index contributed by atoms with van der Waals surface area (Å²) in [5.74, 6) is -0.0848. The molecule has 0 saturated carbocycles. The molecule has 3 N–H and O–H groups in total. The number of carbonyl (C=O) groups is 1. The zero-order valence-corrected chi connectivity index (χ0v) is 17.3. The van der Waals surface area contributed by atoms with Crippen molar-refractivity contribution in [1.82, 2.24) is 30.1 Å². The first-order chi connectivity index (χ1) is 14.8. The van der Waals surface area contributed by atoms with Crippen LogP contribution in [0.3, 0.4) is 0 Å². The van der Waals surface area contributed by atoms with Gasteiger partial charge in [0.25, 0.3) is 5.91 Å². The highest BCUT2D eigenvalue weighted by Crippen LogP contribution is 2.36. The van der Waals surface area contributed by atoms with E-state index >= 15 is 0 Å². The molecule has 168 valence electrons. The number of anilines is 1. The molecular weight excluding hydrogens is 411 g/mol. The highest BCUT2D eigenvalue weighted by molar-refractivity contribution is 5.94. The Bertz CT molecular complexity index is 916. The van der Waals surface area contributed by atoms with Crippen molar-refractivity contribution in [2.24, 2.45) is 0 Å². The van der Waals surface area contributed by atoms with Crippen molar-refractivity contribution in [3.05, 3.63) is 29.7 Å². The van der Waals surface area contributed by atoms with Gasteiger partial charge in [-0.25, -0.2) is 9.97 Å². The van der Waals surface area contributed by atoms with E-state index in [4.69, 9.17) is 0 Å². The van der Waals surface area contributed by atoms with Gasteiger partial charge < -0.3 is 25.4 Å². The summed E-state index contributed by atoms with van der Waals surface area (Å²) in [7, 11) is 1.98. The first-order valence-corrected chi connectivity index (χ1v) is 10.4. The van der Waals surface area contributed by atoms with Crippen LogP contribution >= 0.6 is 0 Å². The van der Waals surface area contributed by atoms with Crippen LogP contribution in [-0.4, -0.2) is 83.0 Å². The number of hydrogen-bond acceptors (Lipinski definition) is 6. The second-order valence-corrected chi connectivity index (χ2v) is 8.04. The predicted molar refractivity (Wildman–Crippen MR) is 110 cm³/mol. The number of carbonyl (C=O) groups excluding carboxylic acids is 1. The van der Waals surface area contributed by atoms with Crippen molar-refractivity contribution < 1.29 is 18.0 Å². The van der Waals surface area contributed by atoms with Gasteiger partial charge in [-0.05, 0) is 32.5 Å². The normalized spacial score (nSPS) is 20.6. The van der Waals surface area contributed by atoms with E-state index in [1.54, 1.807) is 4.90 Å². The summed E-state index contributed by atoms with van der Waals surface area (Å²) in [6, 6.07) is 1.49. The number of piperazine rings is 1. The van der Waals surface area contributed by atoms with Crippen LogP contribution in [0, 0.1) is 0 Å². The quantitative estimate of drug-likeness (QED) is 0.679. The van der Waals surface area contributed by atoms with E-state index in [-0.39, 0.29) is 34.8 Å². The lowest BCUT2D eigenvalue weighted by atomic mass is 10.1. The summed E-state index contributed by atoms with van der Waals surface area (Å²) in [6.07, 6.45) is -0.552. The molecule has 0 bridgehead atoms. The van der Waals surface area contributed by atoms with Crippen molar-refractivity contribution in [3.63, 3.8) is 0 Å². The van der Waals surface area contributed by atoms with Crippen LogP contribution in [0.15, 0.2) is 18.5 Å². The van der Waals surface area contributed by atoms with Crippen LogP contribution in [0.4, 0.5) is 19.1 Å². The third kappa shape index (κ3) is 4.99. The van der Waals surface area contributed by atoms with Crippen LogP contribution in [0.5, 0.6) is 0 Å². The number of H-pyrrole nitrogens is 1. The van der Waals surface area contributed by atoms with Crippen LogP contribution in [0.2, 0.25) is 0 Å². The topological polar surface area (TPSA) is 89.2 Å². The molecule has 0 unspecified atom stereocenters. The Kier molecular flexibility index (Phi) is 6.15. The Morgan fingerprint density at radius 1 is 1.26 bits per heavy atom. The number of amides is 1. The van der Waals surface area contributed by atoms with Crippen LogP contribution in [0.25, 0.3) is 11.3 Å².